The van der Waals surface area contributed by atoms with Crippen molar-refractivity contribution >= 4 is 28.4 Å². The molecule has 0 radical (unpaired) electrons. The van der Waals surface area contributed by atoms with Gasteiger partial charge >= 0.3 is 0 Å². The van der Waals surface area contributed by atoms with Crippen LogP contribution in [0.3, 0.4) is 0 Å². The van der Waals surface area contributed by atoms with E-state index in [0.717, 1.165) is 9.13 Å². The summed E-state index contributed by atoms with van der Waals surface area (Å²) in [6.45, 7) is 1.78. The van der Waals surface area contributed by atoms with Gasteiger partial charge in [0, 0.05) is 3.57 Å². The van der Waals surface area contributed by atoms with Gasteiger partial charge in [-0.1, -0.05) is 6.07 Å². The lowest BCUT2D eigenvalue weighted by molar-refractivity contribution is 0.103. The molecule has 0 aromatic heterocycles. The van der Waals surface area contributed by atoms with E-state index >= 15 is 0 Å². The second kappa shape index (κ2) is 5.69. The molecule has 19 heavy (non-hydrogen) atoms. The third-order valence-electron chi connectivity index (χ3n) is 2.78. The molecular weight excluding hydrogens is 358 g/mol. The van der Waals surface area contributed by atoms with Gasteiger partial charge in [0.05, 0.1) is 18.2 Å². The summed E-state index contributed by atoms with van der Waals surface area (Å²) in [6.07, 6.45) is 0. The normalized spacial score (nSPS) is 10.3. The molecule has 0 heterocycles. The quantitative estimate of drug-likeness (QED) is 0.604. The first-order chi connectivity index (χ1) is 9.02. The Morgan fingerprint density at radius 2 is 1.89 bits per heavy atom. The Hall–Kier alpha value is -1.43. The van der Waals surface area contributed by atoms with Crippen molar-refractivity contribution in [3.63, 3.8) is 0 Å². The van der Waals surface area contributed by atoms with E-state index in [1.807, 2.05) is 6.07 Å². The van der Waals surface area contributed by atoms with E-state index in [-0.39, 0.29) is 11.3 Å². The molecule has 0 amide bonds. The molecule has 0 N–H and O–H groups in total. The first-order valence-electron chi connectivity index (χ1n) is 5.67. The van der Waals surface area contributed by atoms with Gasteiger partial charge in [-0.3, -0.25) is 4.79 Å². The minimum Gasteiger partial charge on any atom is -0.496 e. The second-order valence-electron chi connectivity index (χ2n) is 4.16. The monoisotopic (exact) mass is 370 g/mol. The van der Waals surface area contributed by atoms with Gasteiger partial charge in [0.25, 0.3) is 0 Å². The Morgan fingerprint density at radius 1 is 1.16 bits per heavy atom. The summed E-state index contributed by atoms with van der Waals surface area (Å²) in [5.41, 5.74) is 1.21. The van der Waals surface area contributed by atoms with E-state index in [1.165, 1.54) is 19.2 Å². The lowest BCUT2D eigenvalue weighted by Crippen LogP contribution is -2.07. The molecule has 0 saturated carbocycles. The van der Waals surface area contributed by atoms with E-state index in [4.69, 9.17) is 4.74 Å². The van der Waals surface area contributed by atoms with Gasteiger partial charge in [0.1, 0.15) is 11.6 Å². The molecular formula is C15H12FIO2. The van der Waals surface area contributed by atoms with Gasteiger partial charge in [-0.25, -0.2) is 4.39 Å². The molecule has 0 bridgehead atoms. The molecule has 2 aromatic carbocycles. The standard InChI is InChI=1S/C15H12FIO2/c1-9-3-5-11(13(16)7-9)15(18)12-8-10(17)4-6-14(12)19-2/h3-8H,1-2H3. The van der Waals surface area contributed by atoms with Crippen molar-refractivity contribution in [2.24, 2.45) is 0 Å². The number of aryl methyl sites for hydroxylation is 1. The smallest absolute Gasteiger partial charge is 0.199 e. The highest BCUT2D eigenvalue weighted by atomic mass is 127. The van der Waals surface area contributed by atoms with E-state index in [0.29, 0.717) is 11.3 Å². The molecule has 0 fully saturated rings. The fourth-order valence-corrected chi connectivity index (χ4v) is 2.30. The number of ketones is 1. The Bertz CT molecular complexity index is 638. The summed E-state index contributed by atoms with van der Waals surface area (Å²) in [5.74, 6) is -0.427. The molecule has 0 unspecified atom stereocenters. The van der Waals surface area contributed by atoms with Crippen molar-refractivity contribution in [1.82, 2.24) is 0 Å². The highest BCUT2D eigenvalue weighted by Gasteiger charge is 2.18. The van der Waals surface area contributed by atoms with E-state index in [1.54, 1.807) is 25.1 Å². The molecule has 2 rings (SSSR count). The fraction of sp³-hybridized carbons (Fsp3) is 0.133. The predicted octanol–water partition coefficient (Wildman–Crippen LogP) is 3.98. The number of hydrogen-bond donors (Lipinski definition) is 0. The van der Waals surface area contributed by atoms with E-state index in [9.17, 15) is 9.18 Å². The van der Waals surface area contributed by atoms with Gasteiger partial charge in [0.2, 0.25) is 0 Å². The number of methoxy groups -OCH3 is 1. The molecule has 0 spiro atoms. The minimum absolute atomic E-state index is 0.0610. The zero-order chi connectivity index (χ0) is 14.0. The number of hydrogen-bond acceptors (Lipinski definition) is 2. The first-order valence-corrected chi connectivity index (χ1v) is 6.75. The summed E-state index contributed by atoms with van der Waals surface area (Å²) in [7, 11) is 1.49. The summed E-state index contributed by atoms with van der Waals surface area (Å²) in [4.78, 5) is 12.4. The summed E-state index contributed by atoms with van der Waals surface area (Å²) >= 11 is 2.10. The number of carbonyl (C=O) groups is 1. The van der Waals surface area contributed by atoms with Crippen molar-refractivity contribution in [2.75, 3.05) is 7.11 Å². The lowest BCUT2D eigenvalue weighted by Gasteiger charge is -2.09. The van der Waals surface area contributed by atoms with Gasteiger partial charge < -0.3 is 4.74 Å². The van der Waals surface area contributed by atoms with Crippen LogP contribution in [0.25, 0.3) is 0 Å². The van der Waals surface area contributed by atoms with Crippen LogP contribution in [0.2, 0.25) is 0 Å². The molecule has 2 aromatic rings. The molecule has 0 saturated heterocycles. The van der Waals surface area contributed by atoms with Crippen LogP contribution in [-0.2, 0) is 0 Å². The molecule has 0 atom stereocenters. The third-order valence-corrected chi connectivity index (χ3v) is 3.45. The predicted molar refractivity (Wildman–Crippen MR) is 80.3 cm³/mol. The van der Waals surface area contributed by atoms with Crippen LogP contribution in [0.1, 0.15) is 21.5 Å². The highest BCUT2D eigenvalue weighted by Crippen LogP contribution is 2.25. The van der Waals surface area contributed by atoms with E-state index < -0.39 is 5.82 Å². The third kappa shape index (κ3) is 2.94. The molecule has 0 aliphatic heterocycles. The average molecular weight is 370 g/mol. The summed E-state index contributed by atoms with van der Waals surface area (Å²) in [6, 6.07) is 9.82. The van der Waals surface area contributed by atoms with Crippen molar-refractivity contribution in [1.29, 1.82) is 0 Å². The van der Waals surface area contributed by atoms with Crippen LogP contribution in [0, 0.1) is 16.3 Å². The van der Waals surface area contributed by atoms with Crippen LogP contribution in [0.15, 0.2) is 36.4 Å². The highest BCUT2D eigenvalue weighted by molar-refractivity contribution is 14.1. The lowest BCUT2D eigenvalue weighted by atomic mass is 10.0. The second-order valence-corrected chi connectivity index (χ2v) is 5.40. The number of carbonyl (C=O) groups excluding carboxylic acids is 1. The van der Waals surface area contributed by atoms with Crippen LogP contribution >= 0.6 is 22.6 Å². The molecule has 0 aliphatic carbocycles. The topological polar surface area (TPSA) is 26.3 Å². The first kappa shape index (κ1) is 14.0. The van der Waals surface area contributed by atoms with Crippen LogP contribution in [0.5, 0.6) is 5.75 Å². The Morgan fingerprint density at radius 3 is 2.53 bits per heavy atom. The summed E-state index contributed by atoms with van der Waals surface area (Å²) < 4.78 is 19.9. The molecule has 2 nitrogen and oxygen atoms in total. The van der Waals surface area contributed by atoms with Crippen LogP contribution < -0.4 is 4.74 Å². The van der Waals surface area contributed by atoms with Gasteiger partial charge in [-0.05, 0) is 65.4 Å². The number of halogens is 2. The zero-order valence-corrected chi connectivity index (χ0v) is 12.7. The largest absolute Gasteiger partial charge is 0.496 e. The maximum Gasteiger partial charge on any atom is 0.199 e. The SMILES string of the molecule is COc1ccc(I)cc1C(=O)c1ccc(C)cc1F. The Labute approximate surface area is 124 Å². The average Bonchev–Trinajstić information content (AvgIpc) is 2.38. The van der Waals surface area contributed by atoms with E-state index in [2.05, 4.69) is 22.6 Å². The number of ether oxygens (including phenoxy) is 1. The van der Waals surface area contributed by atoms with Gasteiger partial charge in [-0.2, -0.15) is 0 Å². The van der Waals surface area contributed by atoms with Crippen LogP contribution in [0.4, 0.5) is 4.39 Å². The van der Waals surface area contributed by atoms with Crippen molar-refractivity contribution in [2.45, 2.75) is 6.92 Å². The van der Waals surface area contributed by atoms with Crippen molar-refractivity contribution < 1.29 is 13.9 Å². The fourth-order valence-electron chi connectivity index (χ4n) is 1.81. The minimum atomic E-state index is -0.508. The van der Waals surface area contributed by atoms with Gasteiger partial charge in [-0.15, -0.1) is 0 Å². The summed E-state index contributed by atoms with van der Waals surface area (Å²) in [5, 5.41) is 0. The Kier molecular flexibility index (Phi) is 4.19. The number of benzene rings is 2. The molecule has 4 heteroatoms. The maximum atomic E-state index is 13.9. The van der Waals surface area contributed by atoms with Gasteiger partial charge in [0.15, 0.2) is 5.78 Å². The number of rotatable bonds is 3. The molecule has 98 valence electrons. The molecule has 0 aliphatic rings. The van der Waals surface area contributed by atoms with Crippen molar-refractivity contribution in [3.8, 4) is 5.75 Å². The maximum absolute atomic E-state index is 13.9. The zero-order valence-electron chi connectivity index (χ0n) is 10.5. The van der Waals surface area contributed by atoms with Crippen molar-refractivity contribution in [3.05, 3.63) is 62.5 Å². The Balaban J connectivity index is 2.52. The van der Waals surface area contributed by atoms with Crippen LogP contribution in [-0.4, -0.2) is 12.9 Å².